The van der Waals surface area contributed by atoms with Crippen LogP contribution < -0.4 is 10.6 Å². The molecule has 20 heavy (non-hydrogen) atoms. The van der Waals surface area contributed by atoms with Crippen molar-refractivity contribution in [3.8, 4) is 0 Å². The summed E-state index contributed by atoms with van der Waals surface area (Å²) in [4.78, 5) is 17.9. The SMILES string of the molecule is O=C(CCC1CCCNC1)Nc1nc2c(s1)CCCC2. The lowest BCUT2D eigenvalue weighted by Crippen LogP contribution is -2.30. The molecule has 1 aromatic heterocycles. The minimum absolute atomic E-state index is 0.127. The van der Waals surface area contributed by atoms with Crippen LogP contribution in [0.2, 0.25) is 0 Å². The standard InChI is InChI=1S/C15H23N3OS/c19-14(8-7-11-4-3-9-16-10-11)18-15-17-12-5-1-2-6-13(12)20-15/h11,16H,1-10H2,(H,17,18,19). The van der Waals surface area contributed by atoms with Crippen molar-refractivity contribution in [3.05, 3.63) is 10.6 Å². The topological polar surface area (TPSA) is 54.0 Å². The summed E-state index contributed by atoms with van der Waals surface area (Å²) in [6.45, 7) is 2.20. The second-order valence-electron chi connectivity index (χ2n) is 5.90. The summed E-state index contributed by atoms with van der Waals surface area (Å²) in [6.07, 6.45) is 8.82. The zero-order valence-corrected chi connectivity index (χ0v) is 12.7. The predicted molar refractivity (Wildman–Crippen MR) is 82.2 cm³/mol. The molecule has 2 heterocycles. The Bertz CT molecular complexity index is 442. The molecule has 4 nitrogen and oxygen atoms in total. The summed E-state index contributed by atoms with van der Waals surface area (Å²) in [5.74, 6) is 0.792. The maximum absolute atomic E-state index is 12.0. The van der Waals surface area contributed by atoms with Gasteiger partial charge in [-0.05, 0) is 64.0 Å². The quantitative estimate of drug-likeness (QED) is 0.897. The highest BCUT2D eigenvalue weighted by molar-refractivity contribution is 7.15. The van der Waals surface area contributed by atoms with Crippen LogP contribution >= 0.6 is 11.3 Å². The van der Waals surface area contributed by atoms with Crippen molar-refractivity contribution in [2.75, 3.05) is 18.4 Å². The molecule has 5 heteroatoms. The van der Waals surface area contributed by atoms with Crippen LogP contribution in [-0.2, 0) is 17.6 Å². The van der Waals surface area contributed by atoms with E-state index >= 15 is 0 Å². The van der Waals surface area contributed by atoms with E-state index in [9.17, 15) is 4.79 Å². The number of amides is 1. The summed E-state index contributed by atoms with van der Waals surface area (Å²) in [6, 6.07) is 0. The summed E-state index contributed by atoms with van der Waals surface area (Å²) in [7, 11) is 0. The maximum Gasteiger partial charge on any atom is 0.226 e. The Morgan fingerprint density at radius 2 is 2.25 bits per heavy atom. The first-order chi connectivity index (χ1) is 9.81. The first kappa shape index (κ1) is 14.0. The first-order valence-corrected chi connectivity index (χ1v) is 8.62. The van der Waals surface area contributed by atoms with E-state index in [0.29, 0.717) is 12.3 Å². The number of hydrogen-bond donors (Lipinski definition) is 2. The molecule has 1 aliphatic heterocycles. The molecule has 0 saturated carbocycles. The monoisotopic (exact) mass is 293 g/mol. The van der Waals surface area contributed by atoms with Gasteiger partial charge in [0.1, 0.15) is 0 Å². The molecule has 1 unspecified atom stereocenters. The fourth-order valence-electron chi connectivity index (χ4n) is 3.09. The summed E-state index contributed by atoms with van der Waals surface area (Å²) in [5, 5.41) is 7.19. The van der Waals surface area contributed by atoms with Crippen molar-refractivity contribution in [2.24, 2.45) is 5.92 Å². The number of aromatic nitrogens is 1. The van der Waals surface area contributed by atoms with Crippen LogP contribution in [0.15, 0.2) is 0 Å². The maximum atomic E-state index is 12.0. The number of nitrogens with one attached hydrogen (secondary N) is 2. The molecule has 1 aliphatic carbocycles. The second-order valence-corrected chi connectivity index (χ2v) is 6.98. The average molecular weight is 293 g/mol. The van der Waals surface area contributed by atoms with E-state index in [1.54, 1.807) is 11.3 Å². The number of piperidine rings is 1. The fraction of sp³-hybridized carbons (Fsp3) is 0.733. The first-order valence-electron chi connectivity index (χ1n) is 7.80. The Morgan fingerprint density at radius 1 is 1.35 bits per heavy atom. The third-order valence-corrected chi connectivity index (χ3v) is 5.34. The van der Waals surface area contributed by atoms with Gasteiger partial charge in [-0.25, -0.2) is 4.98 Å². The van der Waals surface area contributed by atoms with Crippen molar-refractivity contribution < 1.29 is 4.79 Å². The highest BCUT2D eigenvalue weighted by Crippen LogP contribution is 2.29. The second kappa shape index (κ2) is 6.68. The molecular formula is C15H23N3OS. The van der Waals surface area contributed by atoms with Crippen LogP contribution in [0.3, 0.4) is 0 Å². The normalized spacial score (nSPS) is 22.3. The molecule has 0 radical (unpaired) electrons. The van der Waals surface area contributed by atoms with E-state index in [1.807, 2.05) is 0 Å². The molecule has 1 saturated heterocycles. The van der Waals surface area contributed by atoms with Crippen molar-refractivity contribution in [3.63, 3.8) is 0 Å². The summed E-state index contributed by atoms with van der Waals surface area (Å²) >= 11 is 1.67. The third-order valence-electron chi connectivity index (χ3n) is 4.27. The van der Waals surface area contributed by atoms with E-state index in [0.717, 1.165) is 37.5 Å². The number of carbonyl (C=O) groups is 1. The van der Waals surface area contributed by atoms with E-state index in [1.165, 1.54) is 36.3 Å². The minimum Gasteiger partial charge on any atom is -0.316 e. The molecule has 2 aliphatic rings. The summed E-state index contributed by atoms with van der Waals surface area (Å²) < 4.78 is 0. The van der Waals surface area contributed by atoms with Gasteiger partial charge in [0, 0.05) is 11.3 Å². The van der Waals surface area contributed by atoms with Gasteiger partial charge in [0.25, 0.3) is 0 Å². The Kier molecular flexibility index (Phi) is 4.68. The van der Waals surface area contributed by atoms with Crippen LogP contribution in [0.1, 0.15) is 49.1 Å². The highest BCUT2D eigenvalue weighted by atomic mass is 32.1. The van der Waals surface area contributed by atoms with Gasteiger partial charge in [-0.2, -0.15) is 0 Å². The van der Waals surface area contributed by atoms with E-state index < -0.39 is 0 Å². The van der Waals surface area contributed by atoms with E-state index in [-0.39, 0.29) is 5.91 Å². The molecule has 2 N–H and O–H groups in total. The van der Waals surface area contributed by atoms with E-state index in [2.05, 4.69) is 15.6 Å². The van der Waals surface area contributed by atoms with Crippen molar-refractivity contribution in [1.29, 1.82) is 0 Å². The van der Waals surface area contributed by atoms with Gasteiger partial charge in [-0.15, -0.1) is 11.3 Å². The molecule has 110 valence electrons. The average Bonchev–Trinajstić information content (AvgIpc) is 2.88. The third kappa shape index (κ3) is 3.58. The highest BCUT2D eigenvalue weighted by Gasteiger charge is 2.18. The molecule has 1 aromatic rings. The zero-order chi connectivity index (χ0) is 13.8. The van der Waals surface area contributed by atoms with Gasteiger partial charge < -0.3 is 10.6 Å². The lowest BCUT2D eigenvalue weighted by Gasteiger charge is -2.22. The molecular weight excluding hydrogens is 270 g/mol. The van der Waals surface area contributed by atoms with Gasteiger partial charge >= 0.3 is 0 Å². The van der Waals surface area contributed by atoms with Gasteiger partial charge in [-0.1, -0.05) is 0 Å². The number of fused-ring (bicyclic) bond motifs is 1. The zero-order valence-electron chi connectivity index (χ0n) is 11.9. The lowest BCUT2D eigenvalue weighted by molar-refractivity contribution is -0.116. The lowest BCUT2D eigenvalue weighted by atomic mass is 9.94. The molecule has 0 spiro atoms. The van der Waals surface area contributed by atoms with E-state index in [4.69, 9.17) is 0 Å². The molecule has 1 fully saturated rings. The number of hydrogen-bond acceptors (Lipinski definition) is 4. The van der Waals surface area contributed by atoms with Crippen LogP contribution in [0.25, 0.3) is 0 Å². The van der Waals surface area contributed by atoms with Crippen molar-refractivity contribution in [1.82, 2.24) is 10.3 Å². The Morgan fingerprint density at radius 3 is 3.05 bits per heavy atom. The number of thiazole rings is 1. The fourth-order valence-corrected chi connectivity index (χ4v) is 4.16. The number of rotatable bonds is 4. The van der Waals surface area contributed by atoms with Crippen LogP contribution in [0.4, 0.5) is 5.13 Å². The Balaban J connectivity index is 1.47. The number of aryl methyl sites for hydroxylation is 2. The van der Waals surface area contributed by atoms with Gasteiger partial charge in [0.15, 0.2) is 5.13 Å². The number of anilines is 1. The smallest absolute Gasteiger partial charge is 0.226 e. The minimum atomic E-state index is 0.127. The molecule has 1 amide bonds. The van der Waals surface area contributed by atoms with Gasteiger partial charge in [-0.3, -0.25) is 4.79 Å². The van der Waals surface area contributed by atoms with Crippen molar-refractivity contribution in [2.45, 2.75) is 51.4 Å². The van der Waals surface area contributed by atoms with Gasteiger partial charge in [0.05, 0.1) is 5.69 Å². The predicted octanol–water partition coefficient (Wildman–Crippen LogP) is 2.74. The summed E-state index contributed by atoms with van der Waals surface area (Å²) in [5.41, 5.74) is 1.22. The Labute approximate surface area is 124 Å². The van der Waals surface area contributed by atoms with Crippen LogP contribution in [-0.4, -0.2) is 24.0 Å². The van der Waals surface area contributed by atoms with Crippen LogP contribution in [0, 0.1) is 5.92 Å². The Hall–Kier alpha value is -0.940. The molecule has 1 atom stereocenters. The largest absolute Gasteiger partial charge is 0.316 e. The number of carbonyl (C=O) groups excluding carboxylic acids is 1. The number of nitrogens with zero attached hydrogens (tertiary/aromatic N) is 1. The molecule has 3 rings (SSSR count). The molecule has 0 aromatic carbocycles. The van der Waals surface area contributed by atoms with Gasteiger partial charge in [0.2, 0.25) is 5.91 Å². The molecule has 0 bridgehead atoms. The van der Waals surface area contributed by atoms with Crippen LogP contribution in [0.5, 0.6) is 0 Å². The van der Waals surface area contributed by atoms with Crippen molar-refractivity contribution >= 4 is 22.4 Å².